The van der Waals surface area contributed by atoms with Crippen LogP contribution in [0.15, 0.2) is 18.2 Å². The van der Waals surface area contributed by atoms with Crippen molar-refractivity contribution in [2.24, 2.45) is 0 Å². The highest BCUT2D eigenvalue weighted by atomic mass is 16.1. The van der Waals surface area contributed by atoms with E-state index in [1.165, 1.54) is 19.4 Å². The van der Waals surface area contributed by atoms with Gasteiger partial charge in [0, 0.05) is 36.6 Å². The van der Waals surface area contributed by atoms with Crippen molar-refractivity contribution in [2.75, 3.05) is 37.8 Å². The Morgan fingerprint density at radius 1 is 1.53 bits per heavy atom. The van der Waals surface area contributed by atoms with E-state index in [0.29, 0.717) is 17.3 Å². The second-order valence-electron chi connectivity index (χ2n) is 5.48. The molecule has 2 N–H and O–H groups in total. The first kappa shape index (κ1) is 13.9. The van der Waals surface area contributed by atoms with Crippen LogP contribution in [-0.4, -0.2) is 43.9 Å². The lowest BCUT2D eigenvalue weighted by Gasteiger charge is -2.27. The SMILES string of the molecule is CC(=O)c1cc(N(C)CC2CCCN2C)ccc1N. The van der Waals surface area contributed by atoms with Crippen molar-refractivity contribution in [3.63, 3.8) is 0 Å². The van der Waals surface area contributed by atoms with Gasteiger partial charge < -0.3 is 15.5 Å². The number of nitrogens with zero attached hydrogens (tertiary/aromatic N) is 2. The highest BCUT2D eigenvalue weighted by Gasteiger charge is 2.22. The fraction of sp³-hybridized carbons (Fsp3) is 0.533. The first-order valence-electron chi connectivity index (χ1n) is 6.81. The van der Waals surface area contributed by atoms with Crippen LogP contribution in [0, 0.1) is 0 Å². The molecule has 4 heteroatoms. The van der Waals surface area contributed by atoms with Gasteiger partial charge in [-0.25, -0.2) is 0 Å². The Morgan fingerprint density at radius 3 is 2.84 bits per heavy atom. The summed E-state index contributed by atoms with van der Waals surface area (Å²) in [4.78, 5) is 16.1. The second-order valence-corrected chi connectivity index (χ2v) is 5.48. The average Bonchev–Trinajstić information content (AvgIpc) is 2.75. The smallest absolute Gasteiger partial charge is 0.161 e. The Morgan fingerprint density at radius 2 is 2.26 bits per heavy atom. The molecule has 0 amide bonds. The van der Waals surface area contributed by atoms with Gasteiger partial charge in [-0.15, -0.1) is 0 Å². The average molecular weight is 261 g/mol. The van der Waals surface area contributed by atoms with Crippen LogP contribution in [0.1, 0.15) is 30.1 Å². The molecule has 0 radical (unpaired) electrons. The van der Waals surface area contributed by atoms with Crippen molar-refractivity contribution in [2.45, 2.75) is 25.8 Å². The molecule has 1 aliphatic heterocycles. The lowest BCUT2D eigenvalue weighted by molar-refractivity contribution is 0.101. The van der Waals surface area contributed by atoms with E-state index in [4.69, 9.17) is 5.73 Å². The molecule has 0 aromatic heterocycles. The van der Waals surface area contributed by atoms with Crippen molar-refractivity contribution < 1.29 is 4.79 Å². The number of benzene rings is 1. The quantitative estimate of drug-likeness (QED) is 0.665. The van der Waals surface area contributed by atoms with E-state index < -0.39 is 0 Å². The first-order chi connectivity index (χ1) is 8.99. The molecule has 1 saturated heterocycles. The molecule has 1 fully saturated rings. The van der Waals surface area contributed by atoms with Gasteiger partial charge in [0.25, 0.3) is 0 Å². The predicted molar refractivity (Wildman–Crippen MR) is 79.8 cm³/mol. The predicted octanol–water partition coefficient (Wildman–Crippen LogP) is 2.00. The molecule has 1 atom stereocenters. The molecule has 2 rings (SSSR count). The van der Waals surface area contributed by atoms with Gasteiger partial charge in [-0.1, -0.05) is 0 Å². The van der Waals surface area contributed by atoms with Crippen LogP contribution in [0.5, 0.6) is 0 Å². The molecule has 1 unspecified atom stereocenters. The van der Waals surface area contributed by atoms with Crippen molar-refractivity contribution in [1.29, 1.82) is 0 Å². The Hall–Kier alpha value is -1.55. The lowest BCUT2D eigenvalue weighted by atomic mass is 10.1. The van der Waals surface area contributed by atoms with Crippen molar-refractivity contribution in [3.05, 3.63) is 23.8 Å². The minimum absolute atomic E-state index is 0.0192. The van der Waals surface area contributed by atoms with Gasteiger partial charge in [0.05, 0.1) is 0 Å². The summed E-state index contributed by atoms with van der Waals surface area (Å²) in [6, 6.07) is 6.30. The van der Waals surface area contributed by atoms with Crippen LogP contribution in [0.4, 0.5) is 11.4 Å². The molecule has 104 valence electrons. The van der Waals surface area contributed by atoms with Gasteiger partial charge in [0.15, 0.2) is 5.78 Å². The minimum Gasteiger partial charge on any atom is -0.398 e. The summed E-state index contributed by atoms with van der Waals surface area (Å²) in [5.74, 6) is 0.0192. The van der Waals surface area contributed by atoms with Gasteiger partial charge in [0.1, 0.15) is 0 Å². The molecular formula is C15H23N3O. The van der Waals surface area contributed by atoms with Crippen LogP contribution in [0.25, 0.3) is 0 Å². The van der Waals surface area contributed by atoms with Crippen LogP contribution >= 0.6 is 0 Å². The van der Waals surface area contributed by atoms with Gasteiger partial charge >= 0.3 is 0 Å². The van der Waals surface area contributed by atoms with Gasteiger partial charge in [-0.2, -0.15) is 0 Å². The molecule has 19 heavy (non-hydrogen) atoms. The number of nitrogen functional groups attached to an aromatic ring is 1. The van der Waals surface area contributed by atoms with E-state index in [0.717, 1.165) is 12.2 Å². The summed E-state index contributed by atoms with van der Waals surface area (Å²) in [5, 5.41) is 0. The molecular weight excluding hydrogens is 238 g/mol. The third-order valence-corrected chi connectivity index (χ3v) is 4.01. The Labute approximate surface area is 115 Å². The number of carbonyl (C=O) groups is 1. The molecule has 0 saturated carbocycles. The molecule has 1 heterocycles. The standard InChI is InChI=1S/C15H23N3O/c1-11(19)14-9-12(6-7-15(14)16)18(3)10-13-5-4-8-17(13)2/h6-7,9,13H,4-5,8,10,16H2,1-3H3. The van der Waals surface area contributed by atoms with Crippen LogP contribution < -0.4 is 10.6 Å². The van der Waals surface area contributed by atoms with Crippen molar-refractivity contribution in [3.8, 4) is 0 Å². The highest BCUT2D eigenvalue weighted by Crippen LogP contribution is 2.23. The zero-order valence-corrected chi connectivity index (χ0v) is 12.0. The molecule has 0 aliphatic carbocycles. The number of hydrogen-bond donors (Lipinski definition) is 1. The zero-order valence-electron chi connectivity index (χ0n) is 12.0. The maximum absolute atomic E-state index is 11.5. The topological polar surface area (TPSA) is 49.6 Å². The number of ketones is 1. The summed E-state index contributed by atoms with van der Waals surface area (Å²) in [6.45, 7) is 3.72. The fourth-order valence-corrected chi connectivity index (χ4v) is 2.72. The van der Waals surface area contributed by atoms with Crippen LogP contribution in [-0.2, 0) is 0 Å². The summed E-state index contributed by atoms with van der Waals surface area (Å²) < 4.78 is 0. The van der Waals surface area contributed by atoms with E-state index in [2.05, 4.69) is 23.9 Å². The molecule has 0 spiro atoms. The lowest BCUT2D eigenvalue weighted by Crippen LogP contribution is -2.36. The number of hydrogen-bond acceptors (Lipinski definition) is 4. The first-order valence-corrected chi connectivity index (χ1v) is 6.81. The second kappa shape index (κ2) is 5.61. The minimum atomic E-state index is 0.0192. The van der Waals surface area contributed by atoms with Gasteiger partial charge in [-0.3, -0.25) is 4.79 Å². The molecule has 1 aromatic carbocycles. The summed E-state index contributed by atoms with van der Waals surface area (Å²) in [5.41, 5.74) is 8.06. The molecule has 1 aromatic rings. The Kier molecular flexibility index (Phi) is 4.10. The van der Waals surface area contributed by atoms with E-state index in [1.54, 1.807) is 6.92 Å². The number of carbonyl (C=O) groups excluding carboxylic acids is 1. The molecule has 1 aliphatic rings. The number of Topliss-reactive ketones (excluding diaryl/α,β-unsaturated/α-hetero) is 1. The third-order valence-electron chi connectivity index (χ3n) is 4.01. The van der Waals surface area contributed by atoms with E-state index in [9.17, 15) is 4.79 Å². The maximum atomic E-state index is 11.5. The zero-order chi connectivity index (χ0) is 14.0. The Balaban J connectivity index is 2.12. The highest BCUT2D eigenvalue weighted by molar-refractivity contribution is 6.00. The third kappa shape index (κ3) is 3.07. The number of likely N-dealkylation sites (tertiary alicyclic amines) is 1. The van der Waals surface area contributed by atoms with Crippen LogP contribution in [0.3, 0.4) is 0 Å². The Bertz CT molecular complexity index is 472. The molecule has 0 bridgehead atoms. The fourth-order valence-electron chi connectivity index (χ4n) is 2.72. The van der Waals surface area contributed by atoms with Crippen molar-refractivity contribution in [1.82, 2.24) is 4.90 Å². The van der Waals surface area contributed by atoms with E-state index in [1.807, 2.05) is 18.2 Å². The van der Waals surface area contributed by atoms with Crippen LogP contribution in [0.2, 0.25) is 0 Å². The van der Waals surface area contributed by atoms with Crippen molar-refractivity contribution >= 4 is 17.2 Å². The van der Waals surface area contributed by atoms with E-state index >= 15 is 0 Å². The van der Waals surface area contributed by atoms with Gasteiger partial charge in [-0.05, 0) is 51.6 Å². The normalized spacial score (nSPS) is 19.6. The number of nitrogens with two attached hydrogens (primary N) is 1. The molecule has 4 nitrogen and oxygen atoms in total. The van der Waals surface area contributed by atoms with Gasteiger partial charge in [0.2, 0.25) is 0 Å². The maximum Gasteiger partial charge on any atom is 0.161 e. The number of anilines is 2. The van der Waals surface area contributed by atoms with E-state index in [-0.39, 0.29) is 5.78 Å². The summed E-state index contributed by atoms with van der Waals surface area (Å²) in [6.07, 6.45) is 2.52. The summed E-state index contributed by atoms with van der Waals surface area (Å²) in [7, 11) is 4.25. The number of rotatable bonds is 4. The largest absolute Gasteiger partial charge is 0.398 e. The monoisotopic (exact) mass is 261 g/mol. The number of likely N-dealkylation sites (N-methyl/N-ethyl adjacent to an activating group) is 2. The summed E-state index contributed by atoms with van der Waals surface area (Å²) >= 11 is 0.